The minimum Gasteiger partial charge on any atom is -0.507 e. The summed E-state index contributed by atoms with van der Waals surface area (Å²) in [7, 11) is 0. The Bertz CT molecular complexity index is 555. The van der Waals surface area contributed by atoms with Gasteiger partial charge in [-0.2, -0.15) is 0 Å². The average Bonchev–Trinajstić information content (AvgIpc) is 2.93. The lowest BCUT2D eigenvalue weighted by Gasteiger charge is -2.32. The molecule has 0 atom stereocenters. The second-order valence-corrected chi connectivity index (χ2v) is 4.80. The van der Waals surface area contributed by atoms with E-state index in [1.807, 2.05) is 0 Å². The molecular formula is C13H14O3. The van der Waals surface area contributed by atoms with Gasteiger partial charge < -0.3 is 10.2 Å². The SMILES string of the molecule is O=c1c2c(O)ccc(C3(O)CCCCC3)c12. The molecule has 0 radical (unpaired) electrons. The first-order valence-corrected chi connectivity index (χ1v) is 5.77. The molecule has 2 aromatic carbocycles. The van der Waals surface area contributed by atoms with Crippen LogP contribution in [0.2, 0.25) is 0 Å². The molecule has 16 heavy (non-hydrogen) atoms. The summed E-state index contributed by atoms with van der Waals surface area (Å²) in [5.41, 5.74) is -0.219. The second kappa shape index (κ2) is 3.08. The van der Waals surface area contributed by atoms with Crippen LogP contribution >= 0.6 is 0 Å². The Kier molecular flexibility index (Phi) is 1.89. The lowest BCUT2D eigenvalue weighted by atomic mass is 9.79. The number of hydrogen-bond donors (Lipinski definition) is 2. The smallest absolute Gasteiger partial charge is 0.198 e. The zero-order valence-corrected chi connectivity index (χ0v) is 8.99. The van der Waals surface area contributed by atoms with Gasteiger partial charge in [-0.15, -0.1) is 0 Å². The van der Waals surface area contributed by atoms with Gasteiger partial charge >= 0.3 is 0 Å². The maximum absolute atomic E-state index is 11.5. The topological polar surface area (TPSA) is 57.5 Å². The van der Waals surface area contributed by atoms with Gasteiger partial charge in [0.05, 0.1) is 11.0 Å². The number of rotatable bonds is 1. The van der Waals surface area contributed by atoms with Crippen molar-refractivity contribution in [3.63, 3.8) is 0 Å². The highest BCUT2D eigenvalue weighted by Gasteiger charge is 2.36. The van der Waals surface area contributed by atoms with Crippen LogP contribution in [0.1, 0.15) is 37.7 Å². The van der Waals surface area contributed by atoms with E-state index in [2.05, 4.69) is 0 Å². The predicted molar refractivity (Wildman–Crippen MR) is 61.2 cm³/mol. The van der Waals surface area contributed by atoms with Crippen LogP contribution in [-0.2, 0) is 5.60 Å². The van der Waals surface area contributed by atoms with Crippen LogP contribution in [0.4, 0.5) is 0 Å². The Labute approximate surface area is 93.0 Å². The van der Waals surface area contributed by atoms with Gasteiger partial charge in [-0.05, 0) is 24.5 Å². The van der Waals surface area contributed by atoms with Crippen LogP contribution in [0.15, 0.2) is 16.9 Å². The normalized spacial score (nSPS) is 20.6. The lowest BCUT2D eigenvalue weighted by Crippen LogP contribution is -2.28. The molecule has 84 valence electrons. The summed E-state index contributed by atoms with van der Waals surface area (Å²) >= 11 is 0. The largest absolute Gasteiger partial charge is 0.507 e. The number of hydrogen-bond acceptors (Lipinski definition) is 3. The number of benzene rings is 1. The molecule has 1 aliphatic rings. The Morgan fingerprint density at radius 1 is 1.06 bits per heavy atom. The molecule has 0 amide bonds. The van der Waals surface area contributed by atoms with Gasteiger partial charge in [0.15, 0.2) is 5.43 Å². The Morgan fingerprint density at radius 2 is 1.75 bits per heavy atom. The molecule has 1 aliphatic carbocycles. The third-order valence-corrected chi connectivity index (χ3v) is 3.76. The van der Waals surface area contributed by atoms with Crippen molar-refractivity contribution >= 4 is 10.8 Å². The van der Waals surface area contributed by atoms with Crippen molar-refractivity contribution < 1.29 is 10.2 Å². The monoisotopic (exact) mass is 218 g/mol. The Balaban J connectivity index is 2.11. The molecular weight excluding hydrogens is 204 g/mol. The van der Waals surface area contributed by atoms with Crippen molar-refractivity contribution in [3.8, 4) is 5.75 Å². The zero-order chi connectivity index (χ0) is 11.3. The van der Waals surface area contributed by atoms with Crippen LogP contribution in [0.25, 0.3) is 10.8 Å². The fraction of sp³-hybridized carbons (Fsp3) is 0.462. The number of phenols is 1. The van der Waals surface area contributed by atoms with Crippen molar-refractivity contribution in [3.05, 3.63) is 27.9 Å². The quantitative estimate of drug-likeness (QED) is 0.769. The van der Waals surface area contributed by atoms with Gasteiger partial charge in [-0.25, -0.2) is 0 Å². The van der Waals surface area contributed by atoms with Crippen LogP contribution < -0.4 is 5.43 Å². The van der Waals surface area contributed by atoms with E-state index in [1.165, 1.54) is 6.07 Å². The molecule has 3 rings (SSSR count). The first-order valence-electron chi connectivity index (χ1n) is 5.77. The lowest BCUT2D eigenvalue weighted by molar-refractivity contribution is 0.000849. The predicted octanol–water partition coefficient (Wildman–Crippen LogP) is 1.93. The maximum atomic E-state index is 11.5. The molecule has 0 unspecified atom stereocenters. The van der Waals surface area contributed by atoms with Gasteiger partial charge in [-0.1, -0.05) is 25.3 Å². The summed E-state index contributed by atoms with van der Waals surface area (Å²) in [4.78, 5) is 11.5. The van der Waals surface area contributed by atoms with E-state index < -0.39 is 5.60 Å². The highest BCUT2D eigenvalue weighted by atomic mass is 16.3. The van der Waals surface area contributed by atoms with Crippen molar-refractivity contribution in [2.24, 2.45) is 0 Å². The molecule has 0 aliphatic heterocycles. The van der Waals surface area contributed by atoms with Crippen LogP contribution in [-0.4, -0.2) is 10.2 Å². The highest BCUT2D eigenvalue weighted by Crippen LogP contribution is 2.42. The molecule has 2 aromatic rings. The Morgan fingerprint density at radius 3 is 2.44 bits per heavy atom. The standard InChI is InChI=1S/C13H14O3/c14-9-5-4-8(10-11(9)12(10)15)13(16)6-2-1-3-7-13/h4-5,14,16H,1-3,6-7H2. The maximum Gasteiger partial charge on any atom is 0.198 e. The van der Waals surface area contributed by atoms with E-state index >= 15 is 0 Å². The molecule has 1 saturated carbocycles. The molecule has 0 bridgehead atoms. The number of phenolic OH excluding ortho intramolecular Hbond substituents is 1. The summed E-state index contributed by atoms with van der Waals surface area (Å²) in [6.45, 7) is 0. The van der Waals surface area contributed by atoms with E-state index in [0.717, 1.165) is 37.7 Å². The van der Waals surface area contributed by atoms with E-state index in [9.17, 15) is 15.0 Å². The first-order chi connectivity index (χ1) is 7.63. The second-order valence-electron chi connectivity index (χ2n) is 4.80. The fourth-order valence-corrected chi connectivity index (χ4v) is 2.79. The van der Waals surface area contributed by atoms with Gasteiger partial charge in [0, 0.05) is 5.39 Å². The van der Waals surface area contributed by atoms with Crippen LogP contribution in [0, 0.1) is 0 Å². The molecule has 3 nitrogen and oxygen atoms in total. The summed E-state index contributed by atoms with van der Waals surface area (Å²) in [6, 6.07) is 3.22. The molecule has 0 heterocycles. The minimum atomic E-state index is -0.845. The highest BCUT2D eigenvalue weighted by molar-refractivity contribution is 6.04. The molecule has 1 fully saturated rings. The summed E-state index contributed by atoms with van der Waals surface area (Å²) in [5.74, 6) is 0.0446. The summed E-state index contributed by atoms with van der Waals surface area (Å²) < 4.78 is 0. The Hall–Kier alpha value is -1.35. The fourth-order valence-electron chi connectivity index (χ4n) is 2.79. The van der Waals surface area contributed by atoms with E-state index in [-0.39, 0.29) is 11.2 Å². The van der Waals surface area contributed by atoms with Gasteiger partial charge in [-0.3, -0.25) is 4.79 Å². The van der Waals surface area contributed by atoms with Gasteiger partial charge in [0.25, 0.3) is 0 Å². The zero-order valence-electron chi connectivity index (χ0n) is 8.99. The number of aromatic hydroxyl groups is 1. The van der Waals surface area contributed by atoms with Crippen molar-refractivity contribution in [1.82, 2.24) is 0 Å². The third kappa shape index (κ3) is 1.21. The average molecular weight is 218 g/mol. The van der Waals surface area contributed by atoms with E-state index in [4.69, 9.17) is 0 Å². The third-order valence-electron chi connectivity index (χ3n) is 3.76. The molecule has 2 N–H and O–H groups in total. The molecule has 3 heteroatoms. The van der Waals surface area contributed by atoms with E-state index in [1.54, 1.807) is 6.07 Å². The van der Waals surface area contributed by atoms with Crippen molar-refractivity contribution in [2.45, 2.75) is 37.7 Å². The van der Waals surface area contributed by atoms with Crippen LogP contribution in [0.3, 0.4) is 0 Å². The van der Waals surface area contributed by atoms with Crippen LogP contribution in [0.5, 0.6) is 5.75 Å². The summed E-state index contributed by atoms with van der Waals surface area (Å²) in [5, 5.41) is 21.0. The minimum absolute atomic E-state index is 0.0446. The van der Waals surface area contributed by atoms with Gasteiger partial charge in [0.1, 0.15) is 5.75 Å². The molecule has 0 spiro atoms. The van der Waals surface area contributed by atoms with E-state index in [0.29, 0.717) is 10.8 Å². The number of fused-ring (bicyclic) bond motifs is 1. The molecule has 0 saturated heterocycles. The molecule has 0 aromatic heterocycles. The number of aliphatic hydroxyl groups is 1. The van der Waals surface area contributed by atoms with Crippen molar-refractivity contribution in [1.29, 1.82) is 0 Å². The van der Waals surface area contributed by atoms with Gasteiger partial charge in [0.2, 0.25) is 0 Å². The first kappa shape index (κ1) is 9.85. The van der Waals surface area contributed by atoms with Crippen molar-refractivity contribution in [2.75, 3.05) is 0 Å². The summed E-state index contributed by atoms with van der Waals surface area (Å²) in [6.07, 6.45) is 4.59.